The fourth-order valence-electron chi connectivity index (χ4n) is 2.37. The number of hydrogen-bond donors (Lipinski definition) is 1. The van der Waals surface area contributed by atoms with Crippen molar-refractivity contribution in [2.45, 2.75) is 24.3 Å². The van der Waals surface area contributed by atoms with E-state index in [0.717, 1.165) is 17.6 Å². The second-order valence-corrected chi connectivity index (χ2v) is 7.52. The molecule has 2 aromatic rings. The summed E-state index contributed by atoms with van der Waals surface area (Å²) >= 11 is 0. The molecule has 0 aliphatic carbocycles. The third kappa shape index (κ3) is 4.35. The van der Waals surface area contributed by atoms with Crippen LogP contribution in [-0.2, 0) is 9.84 Å². The van der Waals surface area contributed by atoms with Crippen molar-refractivity contribution in [3.05, 3.63) is 59.7 Å². The molecular weight excluding hydrogens is 326 g/mol. The number of sulfone groups is 1. The fraction of sp³-hybridized carbons (Fsp3) is 0.278. The van der Waals surface area contributed by atoms with E-state index in [4.69, 9.17) is 4.74 Å². The van der Waals surface area contributed by atoms with Crippen LogP contribution in [-0.4, -0.2) is 27.7 Å². The predicted octanol–water partition coefficient (Wildman–Crippen LogP) is 2.98. The molecule has 0 saturated heterocycles. The Balaban J connectivity index is 2.20. The highest BCUT2D eigenvalue weighted by Gasteiger charge is 2.16. The Labute approximate surface area is 142 Å². The fourth-order valence-corrected chi connectivity index (χ4v) is 3.03. The van der Waals surface area contributed by atoms with Gasteiger partial charge in [0.1, 0.15) is 5.75 Å². The van der Waals surface area contributed by atoms with E-state index in [-0.39, 0.29) is 16.8 Å². The summed E-state index contributed by atoms with van der Waals surface area (Å²) in [5.74, 6) is 0.448. The Morgan fingerprint density at radius 3 is 2.38 bits per heavy atom. The third-order valence-electron chi connectivity index (χ3n) is 3.76. The van der Waals surface area contributed by atoms with Crippen molar-refractivity contribution in [2.75, 3.05) is 13.4 Å². The molecule has 24 heavy (non-hydrogen) atoms. The van der Waals surface area contributed by atoms with Crippen molar-refractivity contribution in [2.24, 2.45) is 0 Å². The maximum Gasteiger partial charge on any atom is 0.251 e. The molecule has 0 bridgehead atoms. The molecule has 5 nitrogen and oxygen atoms in total. The zero-order valence-corrected chi connectivity index (χ0v) is 14.8. The van der Waals surface area contributed by atoms with Crippen LogP contribution in [0.15, 0.2) is 53.4 Å². The number of ether oxygens (including phenoxy) is 1. The molecule has 2 aromatic carbocycles. The van der Waals surface area contributed by atoms with Gasteiger partial charge in [0.25, 0.3) is 5.91 Å². The highest BCUT2D eigenvalue weighted by atomic mass is 32.2. The molecule has 0 heterocycles. The first-order chi connectivity index (χ1) is 11.3. The highest BCUT2D eigenvalue weighted by molar-refractivity contribution is 7.90. The minimum absolute atomic E-state index is 0.132. The van der Waals surface area contributed by atoms with Gasteiger partial charge < -0.3 is 10.1 Å². The number of nitrogens with one attached hydrogen (secondary N) is 1. The van der Waals surface area contributed by atoms with Gasteiger partial charge in [-0.2, -0.15) is 0 Å². The van der Waals surface area contributed by atoms with Crippen molar-refractivity contribution in [3.63, 3.8) is 0 Å². The number of rotatable bonds is 6. The molecule has 0 aliphatic heterocycles. The van der Waals surface area contributed by atoms with E-state index in [1.807, 2.05) is 31.2 Å². The first-order valence-corrected chi connectivity index (χ1v) is 9.49. The molecule has 1 N–H and O–H groups in total. The van der Waals surface area contributed by atoms with Crippen LogP contribution in [0.3, 0.4) is 0 Å². The van der Waals surface area contributed by atoms with Crippen LogP contribution >= 0.6 is 0 Å². The van der Waals surface area contributed by atoms with Gasteiger partial charge in [0.05, 0.1) is 18.0 Å². The zero-order chi connectivity index (χ0) is 17.7. The van der Waals surface area contributed by atoms with Crippen molar-refractivity contribution < 1.29 is 17.9 Å². The molecule has 0 unspecified atom stereocenters. The average molecular weight is 347 g/mol. The maximum atomic E-state index is 12.5. The molecule has 0 aliphatic rings. The minimum Gasteiger partial charge on any atom is -0.497 e. The van der Waals surface area contributed by atoms with Gasteiger partial charge in [-0.15, -0.1) is 0 Å². The Hall–Kier alpha value is -2.34. The summed E-state index contributed by atoms with van der Waals surface area (Å²) in [6, 6.07) is 13.4. The van der Waals surface area contributed by atoms with E-state index in [9.17, 15) is 13.2 Å². The molecule has 0 saturated carbocycles. The highest BCUT2D eigenvalue weighted by Crippen LogP contribution is 2.21. The van der Waals surface area contributed by atoms with Gasteiger partial charge in [-0.25, -0.2) is 8.42 Å². The Kier molecular flexibility index (Phi) is 5.62. The molecule has 2 rings (SSSR count). The molecule has 6 heteroatoms. The number of methoxy groups -OCH3 is 1. The second-order valence-electron chi connectivity index (χ2n) is 5.51. The summed E-state index contributed by atoms with van der Waals surface area (Å²) in [4.78, 5) is 12.6. The Bertz CT molecular complexity index is 813. The molecule has 1 amide bonds. The Morgan fingerprint density at radius 1 is 1.17 bits per heavy atom. The molecule has 0 radical (unpaired) electrons. The lowest BCUT2D eigenvalue weighted by molar-refractivity contribution is 0.0935. The second kappa shape index (κ2) is 7.49. The minimum atomic E-state index is -3.35. The molecule has 1 atom stereocenters. The van der Waals surface area contributed by atoms with E-state index in [1.54, 1.807) is 19.2 Å². The molecule has 0 spiro atoms. The largest absolute Gasteiger partial charge is 0.497 e. The van der Waals surface area contributed by atoms with E-state index in [2.05, 4.69) is 5.32 Å². The lowest BCUT2D eigenvalue weighted by Crippen LogP contribution is -2.28. The number of amides is 1. The van der Waals surface area contributed by atoms with Gasteiger partial charge in [-0.05, 0) is 42.3 Å². The van der Waals surface area contributed by atoms with Crippen molar-refractivity contribution in [1.29, 1.82) is 0 Å². The monoisotopic (exact) mass is 347 g/mol. The Morgan fingerprint density at radius 2 is 1.83 bits per heavy atom. The quantitative estimate of drug-likeness (QED) is 0.872. The van der Waals surface area contributed by atoms with Gasteiger partial charge in [-0.3, -0.25) is 4.79 Å². The summed E-state index contributed by atoms with van der Waals surface area (Å²) in [5.41, 5.74) is 1.29. The SMILES string of the molecule is CC[C@@H](NC(=O)c1cccc(S(C)(=O)=O)c1)c1ccc(OC)cc1. The topological polar surface area (TPSA) is 72.5 Å². The number of benzene rings is 2. The summed E-state index contributed by atoms with van der Waals surface area (Å²) in [5, 5.41) is 2.94. The average Bonchev–Trinajstić information content (AvgIpc) is 2.59. The number of carbonyl (C=O) groups excluding carboxylic acids is 1. The maximum absolute atomic E-state index is 12.5. The normalized spacial score (nSPS) is 12.5. The van der Waals surface area contributed by atoms with Gasteiger partial charge in [0, 0.05) is 11.8 Å². The van der Waals surface area contributed by atoms with Gasteiger partial charge in [0.15, 0.2) is 9.84 Å². The van der Waals surface area contributed by atoms with Crippen LogP contribution in [0.4, 0.5) is 0 Å². The third-order valence-corrected chi connectivity index (χ3v) is 4.87. The molecule has 128 valence electrons. The lowest BCUT2D eigenvalue weighted by Gasteiger charge is -2.18. The van der Waals surface area contributed by atoms with Crippen molar-refractivity contribution in [3.8, 4) is 5.75 Å². The van der Waals surface area contributed by atoms with Crippen LogP contribution in [0.1, 0.15) is 35.3 Å². The van der Waals surface area contributed by atoms with Gasteiger partial charge in [-0.1, -0.05) is 25.1 Å². The first-order valence-electron chi connectivity index (χ1n) is 7.60. The van der Waals surface area contributed by atoms with E-state index in [0.29, 0.717) is 12.0 Å². The van der Waals surface area contributed by atoms with Crippen molar-refractivity contribution in [1.82, 2.24) is 5.32 Å². The van der Waals surface area contributed by atoms with E-state index in [1.165, 1.54) is 12.1 Å². The smallest absolute Gasteiger partial charge is 0.251 e. The zero-order valence-electron chi connectivity index (χ0n) is 13.9. The van der Waals surface area contributed by atoms with Crippen LogP contribution in [0, 0.1) is 0 Å². The summed E-state index contributed by atoms with van der Waals surface area (Å²) in [7, 11) is -1.75. The van der Waals surface area contributed by atoms with Crippen LogP contribution in [0.2, 0.25) is 0 Å². The molecule has 0 fully saturated rings. The van der Waals surface area contributed by atoms with E-state index < -0.39 is 9.84 Å². The van der Waals surface area contributed by atoms with Gasteiger partial charge >= 0.3 is 0 Å². The summed E-state index contributed by atoms with van der Waals surface area (Å²) in [6.45, 7) is 1.97. The van der Waals surface area contributed by atoms with Crippen molar-refractivity contribution >= 4 is 15.7 Å². The summed E-state index contributed by atoms with van der Waals surface area (Å²) < 4.78 is 28.4. The molecule has 0 aromatic heterocycles. The van der Waals surface area contributed by atoms with E-state index >= 15 is 0 Å². The standard InChI is InChI=1S/C18H21NO4S/c1-4-17(13-8-10-15(23-2)11-9-13)19-18(20)14-6-5-7-16(12-14)24(3,21)22/h5-12,17H,4H2,1-3H3,(H,19,20)/t17-/m1/s1. The molecular formula is C18H21NO4S. The van der Waals surface area contributed by atoms with Gasteiger partial charge in [0.2, 0.25) is 0 Å². The van der Waals surface area contributed by atoms with Crippen LogP contribution in [0.5, 0.6) is 5.75 Å². The predicted molar refractivity (Wildman–Crippen MR) is 93.0 cm³/mol. The number of carbonyl (C=O) groups is 1. The number of hydrogen-bond acceptors (Lipinski definition) is 4. The van der Waals surface area contributed by atoms with Crippen LogP contribution < -0.4 is 10.1 Å². The lowest BCUT2D eigenvalue weighted by atomic mass is 10.0. The summed E-state index contributed by atoms with van der Waals surface area (Å²) in [6.07, 6.45) is 1.83. The van der Waals surface area contributed by atoms with Crippen LogP contribution in [0.25, 0.3) is 0 Å². The first kappa shape index (κ1) is 18.0.